The van der Waals surface area contributed by atoms with E-state index >= 15 is 0 Å². The largest absolute Gasteiger partial charge is 0.497 e. The van der Waals surface area contributed by atoms with Crippen LogP contribution < -0.4 is 15.0 Å². The number of furan rings is 1. The second-order valence-corrected chi connectivity index (χ2v) is 7.45. The average Bonchev–Trinajstić information content (AvgIpc) is 3.14. The average molecular weight is 377 g/mol. The van der Waals surface area contributed by atoms with Gasteiger partial charge in [0.2, 0.25) is 11.6 Å². The van der Waals surface area contributed by atoms with Crippen LogP contribution in [0.2, 0.25) is 0 Å². The van der Waals surface area contributed by atoms with Gasteiger partial charge in [0.05, 0.1) is 38.7 Å². The molecule has 2 N–H and O–H groups in total. The first-order chi connectivity index (χ1) is 13.5. The molecule has 144 valence electrons. The minimum absolute atomic E-state index is 0.586. The smallest absolute Gasteiger partial charge is 0.238 e. The Morgan fingerprint density at radius 2 is 1.89 bits per heavy atom. The number of quaternary nitrogens is 1. The van der Waals surface area contributed by atoms with Gasteiger partial charge in [-0.2, -0.15) is 4.98 Å². The quantitative estimate of drug-likeness (QED) is 0.515. The molecule has 0 amide bonds. The molecule has 0 unspecified atom stereocenters. The second kappa shape index (κ2) is 7.22. The van der Waals surface area contributed by atoms with E-state index in [1.54, 1.807) is 7.11 Å². The molecule has 0 spiro atoms. The number of rotatable bonds is 6. The summed E-state index contributed by atoms with van der Waals surface area (Å²) < 4.78 is 12.0. The van der Waals surface area contributed by atoms with Gasteiger partial charge in [-0.15, -0.1) is 0 Å². The molecular weight excluding hydrogens is 352 g/mol. The number of hydrogen-bond acceptors (Lipinski definition) is 5. The van der Waals surface area contributed by atoms with Crippen LogP contribution in [0.5, 0.6) is 5.75 Å². The second-order valence-electron chi connectivity index (χ2n) is 7.45. The summed E-state index contributed by atoms with van der Waals surface area (Å²) in [7, 11) is 5.94. The van der Waals surface area contributed by atoms with E-state index in [2.05, 4.69) is 20.2 Å². The Morgan fingerprint density at radius 3 is 2.68 bits per heavy atom. The highest BCUT2D eigenvalue weighted by Crippen LogP contribution is 2.33. The predicted octanol–water partition coefficient (Wildman–Crippen LogP) is 3.97. The number of para-hydroxylation sites is 1. The molecule has 0 radical (unpaired) electrons. The van der Waals surface area contributed by atoms with E-state index in [1.165, 1.54) is 0 Å². The number of fused-ring (bicyclic) bond motifs is 2. The molecule has 6 nitrogen and oxygen atoms in total. The van der Waals surface area contributed by atoms with E-state index in [1.807, 2.05) is 42.5 Å². The van der Waals surface area contributed by atoms with Gasteiger partial charge in [-0.3, -0.25) is 4.48 Å². The monoisotopic (exact) mass is 377 g/mol. The van der Waals surface area contributed by atoms with Crippen molar-refractivity contribution >= 4 is 27.7 Å². The minimum Gasteiger partial charge on any atom is -0.497 e. The molecule has 0 aliphatic carbocycles. The zero-order valence-corrected chi connectivity index (χ0v) is 16.5. The zero-order valence-electron chi connectivity index (χ0n) is 16.5. The maximum Gasteiger partial charge on any atom is 0.238 e. The lowest BCUT2D eigenvalue weighted by Crippen LogP contribution is -2.43. The molecule has 28 heavy (non-hydrogen) atoms. The van der Waals surface area contributed by atoms with Gasteiger partial charge >= 0.3 is 0 Å². The number of nitrogens with zero attached hydrogens (tertiary/aromatic N) is 3. The third-order valence-corrected chi connectivity index (χ3v) is 5.03. The molecule has 0 saturated heterocycles. The summed E-state index contributed by atoms with van der Waals surface area (Å²) in [6, 6.07) is 15.8. The first-order valence-corrected chi connectivity index (χ1v) is 9.40. The van der Waals surface area contributed by atoms with E-state index in [4.69, 9.17) is 24.9 Å². The van der Waals surface area contributed by atoms with E-state index < -0.39 is 0 Å². The van der Waals surface area contributed by atoms with Crippen molar-refractivity contribution in [1.82, 2.24) is 14.5 Å². The van der Waals surface area contributed by atoms with Gasteiger partial charge in [0.15, 0.2) is 5.76 Å². The van der Waals surface area contributed by atoms with Crippen molar-refractivity contribution in [2.75, 3.05) is 34.3 Å². The molecule has 0 bridgehead atoms. The van der Waals surface area contributed by atoms with Gasteiger partial charge in [0.25, 0.3) is 0 Å². The van der Waals surface area contributed by atoms with Crippen molar-refractivity contribution in [3.8, 4) is 17.3 Å². The van der Waals surface area contributed by atoms with Crippen LogP contribution in [0.15, 0.2) is 52.9 Å². The van der Waals surface area contributed by atoms with Crippen LogP contribution in [0.25, 0.3) is 33.5 Å². The normalized spacial score (nSPS) is 12.0. The molecule has 0 fully saturated rings. The Bertz CT molecular complexity index is 1130. The van der Waals surface area contributed by atoms with E-state index in [9.17, 15) is 0 Å². The molecule has 4 aromatic rings. The Labute approximate surface area is 164 Å². The van der Waals surface area contributed by atoms with Crippen LogP contribution in [0.1, 0.15) is 6.42 Å². The summed E-state index contributed by atoms with van der Waals surface area (Å²) in [5.41, 5.74) is 7.40. The summed E-state index contributed by atoms with van der Waals surface area (Å²) in [4.78, 5) is 9.70. The zero-order chi connectivity index (χ0) is 19.7. The third-order valence-electron chi connectivity index (χ3n) is 5.03. The van der Waals surface area contributed by atoms with Gasteiger partial charge < -0.3 is 14.9 Å². The first-order valence-electron chi connectivity index (χ1n) is 9.40. The maximum absolute atomic E-state index is 6.06. The summed E-state index contributed by atoms with van der Waals surface area (Å²) in [6.45, 7) is 1.55. The van der Waals surface area contributed by atoms with Gasteiger partial charge in [-0.25, -0.2) is 4.98 Å². The lowest BCUT2D eigenvalue weighted by Gasteiger charge is -2.28. The van der Waals surface area contributed by atoms with Gasteiger partial charge in [0.1, 0.15) is 11.3 Å². The molecule has 2 heterocycles. The van der Waals surface area contributed by atoms with Gasteiger partial charge in [-0.1, -0.05) is 12.1 Å². The Balaban J connectivity index is 1.88. The fourth-order valence-electron chi connectivity index (χ4n) is 3.47. The fraction of sp³-hybridized carbons (Fsp3) is 0.273. The number of ether oxygens (including phenoxy) is 1. The molecule has 6 heteroatoms. The minimum atomic E-state index is 0.586. The maximum atomic E-state index is 6.06. The Morgan fingerprint density at radius 1 is 1.07 bits per heavy atom. The SMILES string of the molecule is COc1ccc2cc(-c3nc([N+](C)(C)CCCN)c4ccccc4n3)oc2c1. The highest BCUT2D eigenvalue weighted by atomic mass is 16.5. The van der Waals surface area contributed by atoms with Crippen LogP contribution in [0.3, 0.4) is 0 Å². The van der Waals surface area contributed by atoms with Crippen molar-refractivity contribution in [2.24, 2.45) is 5.73 Å². The summed E-state index contributed by atoms with van der Waals surface area (Å²) in [5.74, 6) is 2.96. The molecule has 4 rings (SSSR count). The lowest BCUT2D eigenvalue weighted by atomic mass is 10.2. The van der Waals surface area contributed by atoms with Crippen LogP contribution >= 0.6 is 0 Å². The van der Waals surface area contributed by atoms with E-state index in [-0.39, 0.29) is 0 Å². The van der Waals surface area contributed by atoms with Crippen LogP contribution in [-0.2, 0) is 0 Å². The highest BCUT2D eigenvalue weighted by Gasteiger charge is 2.26. The van der Waals surface area contributed by atoms with Crippen molar-refractivity contribution in [2.45, 2.75) is 6.42 Å². The molecule has 2 aromatic heterocycles. The van der Waals surface area contributed by atoms with Crippen LogP contribution in [0, 0.1) is 0 Å². The fourth-order valence-corrected chi connectivity index (χ4v) is 3.47. The van der Waals surface area contributed by atoms with Gasteiger partial charge in [0, 0.05) is 17.9 Å². The first kappa shape index (κ1) is 18.4. The van der Waals surface area contributed by atoms with Crippen molar-refractivity contribution in [1.29, 1.82) is 0 Å². The van der Waals surface area contributed by atoms with Crippen LogP contribution in [0.4, 0.5) is 5.82 Å². The molecule has 2 aromatic carbocycles. The predicted molar refractivity (Wildman–Crippen MR) is 113 cm³/mol. The topological polar surface area (TPSA) is 74.2 Å². The number of benzene rings is 2. The molecule has 0 atom stereocenters. The van der Waals surface area contributed by atoms with Gasteiger partial charge in [-0.05, 0) is 36.9 Å². The summed E-state index contributed by atoms with van der Waals surface area (Å²) in [6.07, 6.45) is 0.922. The summed E-state index contributed by atoms with van der Waals surface area (Å²) in [5, 5.41) is 2.04. The van der Waals surface area contributed by atoms with Crippen LogP contribution in [-0.4, -0.2) is 44.3 Å². The highest BCUT2D eigenvalue weighted by molar-refractivity contribution is 5.90. The number of methoxy groups -OCH3 is 1. The third kappa shape index (κ3) is 3.32. The lowest BCUT2D eigenvalue weighted by molar-refractivity contribution is 0.386. The Kier molecular flexibility index (Phi) is 4.75. The number of hydrogen-bond donors (Lipinski definition) is 1. The van der Waals surface area contributed by atoms with E-state index in [0.29, 0.717) is 22.6 Å². The molecule has 0 aliphatic heterocycles. The summed E-state index contributed by atoms with van der Waals surface area (Å²) >= 11 is 0. The number of nitrogens with two attached hydrogens (primary N) is 1. The van der Waals surface area contributed by atoms with Crippen molar-refractivity contribution in [3.63, 3.8) is 0 Å². The standard InChI is InChI=1S/C22H25N4O2/c1-26(2,12-6-11-23)22-17-7-4-5-8-18(17)24-21(25-22)20-13-15-9-10-16(27-3)14-19(15)28-20/h4-5,7-10,13-14H,6,11-12,23H2,1-3H3/q+1. The molecular formula is C22H25N4O2+. The van der Waals surface area contributed by atoms with Crippen molar-refractivity contribution < 1.29 is 9.15 Å². The van der Waals surface area contributed by atoms with Crippen molar-refractivity contribution in [3.05, 3.63) is 48.5 Å². The molecule has 0 aliphatic rings. The van der Waals surface area contributed by atoms with E-state index in [0.717, 1.165) is 46.4 Å². The number of aromatic nitrogens is 2. The molecule has 0 saturated carbocycles. The Hall–Kier alpha value is -2.96.